The van der Waals surface area contributed by atoms with E-state index in [0.29, 0.717) is 17.9 Å². The van der Waals surface area contributed by atoms with Gasteiger partial charge in [-0.05, 0) is 12.1 Å². The van der Waals surface area contributed by atoms with Crippen molar-refractivity contribution in [3.05, 3.63) is 17.7 Å². The fraction of sp³-hybridized carbons (Fsp3) is 0.400. The Morgan fingerprint density at radius 1 is 1.43 bits per heavy atom. The Kier molecular flexibility index (Phi) is 2.45. The molecule has 0 radical (unpaired) electrons. The van der Waals surface area contributed by atoms with Gasteiger partial charge in [-0.3, -0.25) is 0 Å². The van der Waals surface area contributed by atoms with E-state index in [1.54, 1.807) is 7.11 Å². The summed E-state index contributed by atoms with van der Waals surface area (Å²) in [6.45, 7) is 0.303. The van der Waals surface area contributed by atoms with Crippen LogP contribution in [0.4, 0.5) is 0 Å². The van der Waals surface area contributed by atoms with E-state index < -0.39 is 0 Å². The molecule has 4 heteroatoms. The summed E-state index contributed by atoms with van der Waals surface area (Å²) in [4.78, 5) is 0. The maximum atomic E-state index is 8.92. The van der Waals surface area contributed by atoms with E-state index in [1.807, 2.05) is 12.1 Å². The van der Waals surface area contributed by atoms with Crippen LogP contribution in [0.5, 0.6) is 17.2 Å². The predicted molar refractivity (Wildman–Crippen MR) is 49.9 cm³/mol. The molecule has 14 heavy (non-hydrogen) atoms. The van der Waals surface area contributed by atoms with Crippen molar-refractivity contribution in [1.29, 1.82) is 0 Å². The van der Waals surface area contributed by atoms with Gasteiger partial charge >= 0.3 is 0 Å². The third-order valence-electron chi connectivity index (χ3n) is 2.18. The molecule has 2 rings (SSSR count). The third kappa shape index (κ3) is 1.37. The topological polar surface area (TPSA) is 47.9 Å². The highest BCUT2D eigenvalue weighted by molar-refractivity contribution is 5.55. The Balaban J connectivity index is 2.45. The van der Waals surface area contributed by atoms with Crippen LogP contribution in [-0.2, 0) is 6.42 Å². The minimum atomic E-state index is 0.0656. The van der Waals surface area contributed by atoms with Crippen LogP contribution < -0.4 is 14.2 Å². The Hall–Kier alpha value is -1.42. The van der Waals surface area contributed by atoms with Gasteiger partial charge in [0, 0.05) is 18.6 Å². The van der Waals surface area contributed by atoms with Crippen LogP contribution in [-0.4, -0.2) is 25.6 Å². The molecule has 4 nitrogen and oxygen atoms in total. The molecule has 76 valence electrons. The molecule has 1 aliphatic rings. The fourth-order valence-corrected chi connectivity index (χ4v) is 1.55. The fourth-order valence-electron chi connectivity index (χ4n) is 1.55. The lowest BCUT2D eigenvalue weighted by Crippen LogP contribution is -1.98. The van der Waals surface area contributed by atoms with Gasteiger partial charge in [0.2, 0.25) is 6.79 Å². The smallest absolute Gasteiger partial charge is 0.231 e. The summed E-state index contributed by atoms with van der Waals surface area (Å²) in [6.07, 6.45) is 0.510. The second-order valence-electron chi connectivity index (χ2n) is 2.95. The van der Waals surface area contributed by atoms with Crippen LogP contribution in [0.2, 0.25) is 0 Å². The monoisotopic (exact) mass is 196 g/mol. The summed E-state index contributed by atoms with van der Waals surface area (Å²) in [6, 6.07) is 3.63. The lowest BCUT2D eigenvalue weighted by atomic mass is 10.1. The standard InChI is InChI=1S/C10H12O4/c1-12-8-2-3-9-10(14-6-13-9)7(8)4-5-11/h2-3,11H,4-6H2,1H3. The first-order valence-electron chi connectivity index (χ1n) is 4.43. The molecule has 0 saturated carbocycles. The Labute approximate surface area is 82.0 Å². The average molecular weight is 196 g/mol. The van der Waals surface area contributed by atoms with Crippen molar-refractivity contribution >= 4 is 0 Å². The van der Waals surface area contributed by atoms with Crippen molar-refractivity contribution in [2.24, 2.45) is 0 Å². The number of aliphatic hydroxyl groups is 1. The number of rotatable bonds is 3. The van der Waals surface area contributed by atoms with Crippen molar-refractivity contribution in [3.8, 4) is 17.2 Å². The molecule has 1 aromatic rings. The number of hydrogen-bond donors (Lipinski definition) is 1. The van der Waals surface area contributed by atoms with Gasteiger partial charge in [-0.25, -0.2) is 0 Å². The zero-order valence-electron chi connectivity index (χ0n) is 7.95. The second-order valence-corrected chi connectivity index (χ2v) is 2.95. The zero-order valence-corrected chi connectivity index (χ0v) is 7.95. The number of fused-ring (bicyclic) bond motifs is 1. The van der Waals surface area contributed by atoms with Crippen LogP contribution in [0.25, 0.3) is 0 Å². The first-order valence-corrected chi connectivity index (χ1v) is 4.43. The maximum Gasteiger partial charge on any atom is 0.231 e. The highest BCUT2D eigenvalue weighted by Crippen LogP contribution is 2.40. The van der Waals surface area contributed by atoms with Gasteiger partial charge in [-0.15, -0.1) is 0 Å². The Bertz CT molecular complexity index is 335. The van der Waals surface area contributed by atoms with Crippen LogP contribution in [0.3, 0.4) is 0 Å². The molecule has 1 aliphatic heterocycles. The highest BCUT2D eigenvalue weighted by Gasteiger charge is 2.20. The minimum Gasteiger partial charge on any atom is -0.496 e. The summed E-state index contributed by atoms with van der Waals surface area (Å²) in [5.74, 6) is 2.14. The van der Waals surface area contributed by atoms with Gasteiger partial charge in [-0.1, -0.05) is 0 Å². The van der Waals surface area contributed by atoms with Crippen LogP contribution in [0.15, 0.2) is 12.1 Å². The number of aliphatic hydroxyl groups excluding tert-OH is 1. The Morgan fingerprint density at radius 3 is 3.00 bits per heavy atom. The maximum absolute atomic E-state index is 8.92. The SMILES string of the molecule is COc1ccc2c(c1CCO)OCO2. The van der Waals surface area contributed by atoms with Gasteiger partial charge in [0.1, 0.15) is 5.75 Å². The molecule has 0 aliphatic carbocycles. The van der Waals surface area contributed by atoms with E-state index in [4.69, 9.17) is 19.3 Å². The molecule has 0 amide bonds. The predicted octanol–water partition coefficient (Wildman–Crippen LogP) is 0.959. The summed E-state index contributed by atoms with van der Waals surface area (Å²) >= 11 is 0. The quantitative estimate of drug-likeness (QED) is 0.782. The largest absolute Gasteiger partial charge is 0.496 e. The first-order chi connectivity index (χ1) is 6.86. The van der Waals surface area contributed by atoms with Crippen LogP contribution in [0.1, 0.15) is 5.56 Å². The molecule has 0 bridgehead atoms. The number of ether oxygens (including phenoxy) is 3. The number of methoxy groups -OCH3 is 1. The average Bonchev–Trinajstić information content (AvgIpc) is 2.67. The van der Waals surface area contributed by atoms with E-state index in [0.717, 1.165) is 11.3 Å². The van der Waals surface area contributed by atoms with Crippen molar-refractivity contribution in [3.63, 3.8) is 0 Å². The molecular formula is C10H12O4. The molecule has 0 saturated heterocycles. The summed E-state index contributed by atoms with van der Waals surface area (Å²) < 4.78 is 15.7. The number of benzene rings is 1. The van der Waals surface area contributed by atoms with Gasteiger partial charge < -0.3 is 19.3 Å². The van der Waals surface area contributed by atoms with E-state index in [2.05, 4.69) is 0 Å². The van der Waals surface area contributed by atoms with Gasteiger partial charge in [-0.2, -0.15) is 0 Å². The van der Waals surface area contributed by atoms with E-state index >= 15 is 0 Å². The van der Waals surface area contributed by atoms with Crippen molar-refractivity contribution in [1.82, 2.24) is 0 Å². The zero-order chi connectivity index (χ0) is 9.97. The normalized spacial score (nSPS) is 13.0. The van der Waals surface area contributed by atoms with Crippen molar-refractivity contribution in [2.45, 2.75) is 6.42 Å². The summed E-state index contributed by atoms with van der Waals surface area (Å²) in [5, 5.41) is 8.92. The van der Waals surface area contributed by atoms with Crippen LogP contribution in [0, 0.1) is 0 Å². The highest BCUT2D eigenvalue weighted by atomic mass is 16.7. The molecular weight excluding hydrogens is 184 g/mol. The lowest BCUT2D eigenvalue weighted by Gasteiger charge is -2.09. The van der Waals surface area contributed by atoms with Gasteiger partial charge in [0.15, 0.2) is 11.5 Å². The summed E-state index contributed by atoms with van der Waals surface area (Å²) in [5.41, 5.74) is 0.866. The Morgan fingerprint density at radius 2 is 2.29 bits per heavy atom. The lowest BCUT2D eigenvalue weighted by molar-refractivity contribution is 0.172. The molecule has 1 aromatic carbocycles. The van der Waals surface area contributed by atoms with Crippen molar-refractivity contribution < 1.29 is 19.3 Å². The third-order valence-corrected chi connectivity index (χ3v) is 2.18. The van der Waals surface area contributed by atoms with E-state index in [-0.39, 0.29) is 13.4 Å². The second kappa shape index (κ2) is 3.75. The summed E-state index contributed by atoms with van der Waals surface area (Å²) in [7, 11) is 1.60. The molecule has 0 spiro atoms. The van der Waals surface area contributed by atoms with Gasteiger partial charge in [0.25, 0.3) is 0 Å². The number of hydrogen-bond acceptors (Lipinski definition) is 4. The van der Waals surface area contributed by atoms with E-state index in [9.17, 15) is 0 Å². The molecule has 1 heterocycles. The van der Waals surface area contributed by atoms with Gasteiger partial charge in [0.05, 0.1) is 7.11 Å². The molecule has 0 unspecified atom stereocenters. The minimum absolute atomic E-state index is 0.0656. The van der Waals surface area contributed by atoms with Crippen LogP contribution >= 0.6 is 0 Å². The first kappa shape index (κ1) is 9.15. The molecule has 0 aromatic heterocycles. The molecule has 1 N–H and O–H groups in total. The van der Waals surface area contributed by atoms with Crippen molar-refractivity contribution in [2.75, 3.05) is 20.5 Å². The van der Waals surface area contributed by atoms with E-state index in [1.165, 1.54) is 0 Å². The molecule has 0 atom stereocenters. The molecule has 0 fully saturated rings.